The van der Waals surface area contributed by atoms with E-state index in [0.29, 0.717) is 10.2 Å². The highest BCUT2D eigenvalue weighted by molar-refractivity contribution is 9.10. The fraction of sp³-hybridized carbons (Fsp3) is 0. The summed E-state index contributed by atoms with van der Waals surface area (Å²) in [5.74, 6) is -0.983. The molecule has 0 unspecified atom stereocenters. The van der Waals surface area contributed by atoms with E-state index in [9.17, 15) is 20.0 Å². The van der Waals surface area contributed by atoms with Crippen LogP contribution in [-0.2, 0) is 0 Å². The molecule has 0 fully saturated rings. The van der Waals surface area contributed by atoms with Crippen molar-refractivity contribution in [1.29, 1.82) is 0 Å². The molecule has 0 saturated carbocycles. The molecule has 21 heavy (non-hydrogen) atoms. The van der Waals surface area contributed by atoms with Gasteiger partial charge in [-0.05, 0) is 30.3 Å². The van der Waals surface area contributed by atoms with Gasteiger partial charge in [0.2, 0.25) is 0 Å². The van der Waals surface area contributed by atoms with Gasteiger partial charge in [-0.15, -0.1) is 0 Å². The van der Waals surface area contributed by atoms with E-state index < -0.39 is 16.5 Å². The Bertz CT molecular complexity index is 736. The van der Waals surface area contributed by atoms with Crippen molar-refractivity contribution in [2.45, 2.75) is 0 Å². The summed E-state index contributed by atoms with van der Waals surface area (Å²) in [7, 11) is 0. The number of halogens is 2. The number of nitro benzene ring substituents is 1. The molecule has 108 valence electrons. The van der Waals surface area contributed by atoms with Crippen molar-refractivity contribution >= 4 is 44.8 Å². The van der Waals surface area contributed by atoms with Gasteiger partial charge in [-0.25, -0.2) is 0 Å². The molecule has 1 amide bonds. The van der Waals surface area contributed by atoms with E-state index in [0.717, 1.165) is 18.2 Å². The minimum atomic E-state index is -0.738. The van der Waals surface area contributed by atoms with Gasteiger partial charge in [0, 0.05) is 10.5 Å². The lowest BCUT2D eigenvalue weighted by Crippen LogP contribution is -2.14. The molecule has 0 heterocycles. The quantitative estimate of drug-likeness (QED) is 0.631. The van der Waals surface area contributed by atoms with Gasteiger partial charge in [0.25, 0.3) is 11.6 Å². The van der Waals surface area contributed by atoms with Crippen LogP contribution < -0.4 is 5.32 Å². The van der Waals surface area contributed by atoms with Crippen molar-refractivity contribution < 1.29 is 14.8 Å². The number of nitrogens with one attached hydrogen (secondary N) is 1. The van der Waals surface area contributed by atoms with Crippen LogP contribution in [0.2, 0.25) is 5.02 Å². The third-order valence-electron chi connectivity index (χ3n) is 2.60. The van der Waals surface area contributed by atoms with Crippen LogP contribution in [0, 0.1) is 10.1 Å². The van der Waals surface area contributed by atoms with Crippen molar-refractivity contribution in [3.63, 3.8) is 0 Å². The molecule has 0 bridgehead atoms. The van der Waals surface area contributed by atoms with Crippen LogP contribution in [0.1, 0.15) is 10.4 Å². The Balaban J connectivity index is 2.39. The largest absolute Gasteiger partial charge is 0.508 e. The number of anilines is 1. The number of hydrogen-bond acceptors (Lipinski definition) is 4. The van der Waals surface area contributed by atoms with Crippen LogP contribution >= 0.6 is 27.5 Å². The smallest absolute Gasteiger partial charge is 0.282 e. The molecule has 6 nitrogen and oxygen atoms in total. The zero-order chi connectivity index (χ0) is 15.6. The van der Waals surface area contributed by atoms with Crippen LogP contribution in [0.25, 0.3) is 0 Å². The maximum Gasteiger partial charge on any atom is 0.282 e. The van der Waals surface area contributed by atoms with Crippen molar-refractivity contribution in [2.75, 3.05) is 5.32 Å². The van der Waals surface area contributed by atoms with E-state index in [1.807, 2.05) is 0 Å². The molecule has 0 radical (unpaired) electrons. The molecule has 2 rings (SSSR count). The first-order valence-electron chi connectivity index (χ1n) is 5.62. The number of carbonyl (C=O) groups is 1. The van der Waals surface area contributed by atoms with Crippen LogP contribution in [0.15, 0.2) is 40.9 Å². The van der Waals surface area contributed by atoms with Gasteiger partial charge in [0.05, 0.1) is 15.6 Å². The lowest BCUT2D eigenvalue weighted by atomic mass is 10.1. The van der Waals surface area contributed by atoms with E-state index in [4.69, 9.17) is 11.6 Å². The highest BCUT2D eigenvalue weighted by atomic mass is 79.9. The molecule has 2 aromatic rings. The van der Waals surface area contributed by atoms with Crippen molar-refractivity contribution in [1.82, 2.24) is 0 Å². The highest BCUT2D eigenvalue weighted by Crippen LogP contribution is 2.28. The number of aromatic hydroxyl groups is 1. The summed E-state index contributed by atoms with van der Waals surface area (Å²) in [5.41, 5.74) is -0.360. The minimum Gasteiger partial charge on any atom is -0.508 e. The number of phenolic OH excluding ortho intramolecular Hbond substituents is 1. The van der Waals surface area contributed by atoms with Crippen molar-refractivity contribution in [3.05, 3.63) is 61.6 Å². The van der Waals surface area contributed by atoms with Crippen molar-refractivity contribution in [3.8, 4) is 5.75 Å². The van der Waals surface area contributed by atoms with E-state index >= 15 is 0 Å². The highest BCUT2D eigenvalue weighted by Gasteiger charge is 2.21. The van der Waals surface area contributed by atoms with Gasteiger partial charge in [-0.3, -0.25) is 14.9 Å². The third kappa shape index (κ3) is 3.50. The molecule has 0 aliphatic rings. The second kappa shape index (κ2) is 6.11. The second-order valence-corrected chi connectivity index (χ2v) is 5.36. The molecule has 0 spiro atoms. The second-order valence-electron chi connectivity index (χ2n) is 4.04. The Morgan fingerprint density at radius 1 is 1.29 bits per heavy atom. The lowest BCUT2D eigenvalue weighted by molar-refractivity contribution is -0.385. The Kier molecular flexibility index (Phi) is 4.44. The zero-order valence-corrected chi connectivity index (χ0v) is 12.7. The number of benzene rings is 2. The Morgan fingerprint density at radius 2 is 2.00 bits per heavy atom. The predicted octanol–water partition coefficient (Wildman–Crippen LogP) is 3.97. The van der Waals surface area contributed by atoms with Crippen LogP contribution in [0.5, 0.6) is 5.75 Å². The number of nitrogens with zero attached hydrogens (tertiary/aromatic N) is 1. The SMILES string of the molecule is O=C(Nc1cc(Br)ccc1Cl)c1cc(O)ccc1[N+](=O)[O-]. The first-order chi connectivity index (χ1) is 9.88. The summed E-state index contributed by atoms with van der Waals surface area (Å²) >= 11 is 9.18. The van der Waals surface area contributed by atoms with Gasteiger partial charge in [-0.2, -0.15) is 0 Å². The maximum absolute atomic E-state index is 12.2. The standard InChI is InChI=1S/C13H8BrClN2O4/c14-7-1-3-10(15)11(5-7)16-13(19)9-6-8(18)2-4-12(9)17(20)21/h1-6,18H,(H,16,19). The average molecular weight is 372 g/mol. The Morgan fingerprint density at radius 3 is 2.67 bits per heavy atom. The van der Waals surface area contributed by atoms with Gasteiger partial charge in [0.1, 0.15) is 11.3 Å². The third-order valence-corrected chi connectivity index (χ3v) is 3.42. The normalized spacial score (nSPS) is 10.2. The lowest BCUT2D eigenvalue weighted by Gasteiger charge is -2.08. The van der Waals surface area contributed by atoms with Crippen molar-refractivity contribution in [2.24, 2.45) is 0 Å². The first-order valence-corrected chi connectivity index (χ1v) is 6.79. The summed E-state index contributed by atoms with van der Waals surface area (Å²) in [6, 6.07) is 8.05. The predicted molar refractivity (Wildman–Crippen MR) is 81.9 cm³/mol. The number of rotatable bonds is 3. The average Bonchev–Trinajstić information content (AvgIpc) is 2.42. The number of hydrogen-bond donors (Lipinski definition) is 2. The summed E-state index contributed by atoms with van der Waals surface area (Å²) in [6.07, 6.45) is 0. The number of phenols is 1. The Labute approximate surface area is 132 Å². The monoisotopic (exact) mass is 370 g/mol. The van der Waals surface area contributed by atoms with Gasteiger partial charge in [0.15, 0.2) is 0 Å². The van der Waals surface area contributed by atoms with Crippen LogP contribution in [0.4, 0.5) is 11.4 Å². The fourth-order valence-corrected chi connectivity index (χ4v) is 2.17. The number of amides is 1. The first kappa shape index (κ1) is 15.3. The van der Waals surface area contributed by atoms with Gasteiger partial charge >= 0.3 is 0 Å². The van der Waals surface area contributed by atoms with Crippen LogP contribution in [-0.4, -0.2) is 15.9 Å². The molecular weight excluding hydrogens is 364 g/mol. The van der Waals surface area contributed by atoms with E-state index in [2.05, 4.69) is 21.2 Å². The molecule has 0 aliphatic carbocycles. The molecular formula is C13H8BrClN2O4. The topological polar surface area (TPSA) is 92.5 Å². The Hall–Kier alpha value is -2.12. The molecule has 0 saturated heterocycles. The van der Waals surface area contributed by atoms with Crippen LogP contribution in [0.3, 0.4) is 0 Å². The van der Waals surface area contributed by atoms with Gasteiger partial charge < -0.3 is 10.4 Å². The van der Waals surface area contributed by atoms with E-state index in [1.54, 1.807) is 18.2 Å². The summed E-state index contributed by atoms with van der Waals surface area (Å²) < 4.78 is 0.688. The summed E-state index contributed by atoms with van der Waals surface area (Å²) in [6.45, 7) is 0. The minimum absolute atomic E-state index is 0.244. The molecule has 0 aromatic heterocycles. The molecule has 0 atom stereocenters. The fourth-order valence-electron chi connectivity index (χ4n) is 1.65. The molecule has 2 N–H and O–H groups in total. The zero-order valence-electron chi connectivity index (χ0n) is 10.3. The van der Waals surface area contributed by atoms with Gasteiger partial charge in [-0.1, -0.05) is 27.5 Å². The van der Waals surface area contributed by atoms with E-state index in [-0.39, 0.29) is 16.3 Å². The maximum atomic E-state index is 12.2. The molecule has 2 aromatic carbocycles. The van der Waals surface area contributed by atoms with E-state index in [1.165, 1.54) is 0 Å². The summed E-state index contributed by atoms with van der Waals surface area (Å²) in [4.78, 5) is 22.4. The number of carbonyl (C=O) groups excluding carboxylic acids is 1. The molecule has 0 aliphatic heterocycles. The number of nitro groups is 1. The molecule has 8 heteroatoms. The summed E-state index contributed by atoms with van der Waals surface area (Å²) in [5, 5.41) is 23.1.